The van der Waals surface area contributed by atoms with Crippen molar-refractivity contribution in [3.63, 3.8) is 0 Å². The molecule has 6 rings (SSSR count). The van der Waals surface area contributed by atoms with E-state index in [0.29, 0.717) is 11.3 Å². The lowest BCUT2D eigenvalue weighted by Gasteiger charge is -2.50. The van der Waals surface area contributed by atoms with Gasteiger partial charge >= 0.3 is 0 Å². The number of amides is 4. The van der Waals surface area contributed by atoms with Crippen LogP contribution in [0.2, 0.25) is 0 Å². The highest BCUT2D eigenvalue weighted by Crippen LogP contribution is 2.67. The number of halogens is 3. The van der Waals surface area contributed by atoms with E-state index in [1.54, 1.807) is 24.3 Å². The van der Waals surface area contributed by atoms with Crippen LogP contribution in [-0.4, -0.2) is 55.9 Å². The number of benzene rings is 2. The molecule has 2 aromatic carbocycles. The molecule has 4 amide bonds. The van der Waals surface area contributed by atoms with Crippen LogP contribution in [0, 0.1) is 17.8 Å². The molecule has 41 heavy (non-hydrogen) atoms. The molecule has 2 aromatic rings. The Morgan fingerprint density at radius 2 is 1.73 bits per heavy atom. The van der Waals surface area contributed by atoms with Gasteiger partial charge in [0.2, 0.25) is 11.8 Å². The number of imide groups is 2. The second kappa shape index (κ2) is 9.85. The van der Waals surface area contributed by atoms with Crippen molar-refractivity contribution in [1.82, 2.24) is 4.90 Å². The minimum Gasteiger partial charge on any atom is -0.508 e. The molecule has 0 bridgehead atoms. The Bertz CT molecular complexity index is 1530. The fourth-order valence-electron chi connectivity index (χ4n) is 7.21. The smallest absolute Gasteiger partial charge is 0.254 e. The molecule has 6 unspecified atom stereocenters. The van der Waals surface area contributed by atoms with Gasteiger partial charge in [0.05, 0.1) is 30.1 Å². The van der Waals surface area contributed by atoms with Crippen LogP contribution in [0.5, 0.6) is 11.5 Å². The number of alkyl halides is 3. The van der Waals surface area contributed by atoms with Gasteiger partial charge in [0, 0.05) is 11.5 Å². The Morgan fingerprint density at radius 1 is 1.02 bits per heavy atom. The predicted molar refractivity (Wildman–Crippen MR) is 156 cm³/mol. The summed E-state index contributed by atoms with van der Waals surface area (Å²) in [5, 5.41) is 11.1. The number of hydrogen-bond acceptors (Lipinski definition) is 6. The molecule has 3 fully saturated rings. The summed E-state index contributed by atoms with van der Waals surface area (Å²) < 4.78 is 5.58. The molecule has 2 aliphatic heterocycles. The first-order valence-electron chi connectivity index (χ1n) is 13.4. The number of carbonyl (C=O) groups excluding carboxylic acids is 4. The van der Waals surface area contributed by atoms with Crippen molar-refractivity contribution in [3.8, 4) is 11.5 Å². The lowest BCUT2D eigenvalue weighted by atomic mass is 9.56. The number of methoxy groups -OCH3 is 1. The van der Waals surface area contributed by atoms with Gasteiger partial charge in [-0.3, -0.25) is 29.0 Å². The topological polar surface area (TPSA) is 104 Å². The zero-order valence-electron chi connectivity index (χ0n) is 22.3. The standard InChI is InChI=1S/C30H27BrCl2N2O6/c1-3-15-7-9-16(10-8-15)35-25(37)18-12-11-17-19(22(18)26(35)38)13-29(32)27(39)34(14-31)28(40)30(29,33)24(17)23-20(36)5-4-6-21(23)41-2/h4-11,18-19,22,24,36H,3,12-14H2,1-2H3. The van der Waals surface area contributed by atoms with Gasteiger partial charge in [-0.05, 0) is 55.0 Å². The van der Waals surface area contributed by atoms with Gasteiger partial charge in [-0.2, -0.15) is 0 Å². The van der Waals surface area contributed by atoms with E-state index < -0.39 is 45.2 Å². The van der Waals surface area contributed by atoms with Gasteiger partial charge in [-0.15, -0.1) is 23.2 Å². The maximum Gasteiger partial charge on any atom is 0.254 e. The van der Waals surface area contributed by atoms with Crippen molar-refractivity contribution in [2.45, 2.75) is 41.9 Å². The van der Waals surface area contributed by atoms with Gasteiger partial charge in [0.25, 0.3) is 11.8 Å². The summed E-state index contributed by atoms with van der Waals surface area (Å²) >= 11 is 17.7. The Balaban J connectivity index is 1.53. The average molecular weight is 662 g/mol. The van der Waals surface area contributed by atoms with Crippen LogP contribution in [0.15, 0.2) is 54.1 Å². The van der Waals surface area contributed by atoms with Crippen molar-refractivity contribution in [3.05, 3.63) is 65.2 Å². The minimum absolute atomic E-state index is 0.132. The molecule has 0 spiro atoms. The number of hydrogen-bond donors (Lipinski definition) is 1. The van der Waals surface area contributed by atoms with Gasteiger partial charge in [-0.1, -0.05) is 52.7 Å². The van der Waals surface area contributed by atoms with Crippen LogP contribution in [0.3, 0.4) is 0 Å². The van der Waals surface area contributed by atoms with Crippen LogP contribution in [-0.2, 0) is 25.6 Å². The molecular weight excluding hydrogens is 635 g/mol. The van der Waals surface area contributed by atoms with Crippen molar-refractivity contribution >= 4 is 68.4 Å². The summed E-state index contributed by atoms with van der Waals surface area (Å²) in [6.07, 6.45) is 2.74. The zero-order chi connectivity index (χ0) is 29.4. The molecule has 11 heteroatoms. The second-order valence-corrected chi connectivity index (χ2v) is 12.7. The summed E-state index contributed by atoms with van der Waals surface area (Å²) in [4.78, 5) is 53.6. The average Bonchev–Trinajstić information content (AvgIpc) is 3.31. The number of allylic oxidation sites excluding steroid dienone is 2. The van der Waals surface area contributed by atoms with Gasteiger partial charge in [0.15, 0.2) is 9.75 Å². The molecule has 6 atom stereocenters. The molecule has 1 N–H and O–H groups in total. The number of rotatable bonds is 5. The van der Waals surface area contributed by atoms with E-state index >= 15 is 0 Å². The highest BCUT2D eigenvalue weighted by Gasteiger charge is 2.76. The fraction of sp³-hybridized carbons (Fsp3) is 0.400. The van der Waals surface area contributed by atoms with Crippen molar-refractivity contribution in [2.75, 3.05) is 17.5 Å². The van der Waals surface area contributed by atoms with E-state index in [1.807, 2.05) is 25.1 Å². The first-order valence-corrected chi connectivity index (χ1v) is 15.3. The van der Waals surface area contributed by atoms with Gasteiger partial charge in [0.1, 0.15) is 11.5 Å². The number of ether oxygens (including phenoxy) is 1. The predicted octanol–water partition coefficient (Wildman–Crippen LogP) is 4.88. The Morgan fingerprint density at radius 3 is 2.37 bits per heavy atom. The maximum atomic E-state index is 14.1. The third-order valence-electron chi connectivity index (χ3n) is 9.17. The molecule has 8 nitrogen and oxygen atoms in total. The van der Waals surface area contributed by atoms with E-state index in [0.717, 1.165) is 16.9 Å². The molecule has 4 aliphatic rings. The molecule has 1 saturated carbocycles. The van der Waals surface area contributed by atoms with Crippen LogP contribution < -0.4 is 9.64 Å². The summed E-state index contributed by atoms with van der Waals surface area (Å²) in [7, 11) is 1.42. The number of likely N-dealkylation sites (tertiary alicyclic amines) is 1. The lowest BCUT2D eigenvalue weighted by molar-refractivity contribution is -0.138. The highest BCUT2D eigenvalue weighted by atomic mass is 79.9. The number of phenols is 1. The fourth-order valence-corrected chi connectivity index (χ4v) is 8.61. The van der Waals surface area contributed by atoms with Gasteiger partial charge in [-0.25, -0.2) is 0 Å². The van der Waals surface area contributed by atoms with Crippen LogP contribution in [0.4, 0.5) is 5.69 Å². The van der Waals surface area contributed by atoms with Crippen LogP contribution >= 0.6 is 39.1 Å². The lowest BCUT2D eigenvalue weighted by Crippen LogP contribution is -2.60. The van der Waals surface area contributed by atoms with Crippen LogP contribution in [0.25, 0.3) is 0 Å². The van der Waals surface area contributed by atoms with E-state index in [-0.39, 0.29) is 47.2 Å². The SMILES string of the molecule is CCc1ccc(N2C(=O)C3CC=C4C(CC5(Cl)C(=O)N(CBr)C(=O)C5(Cl)C4c4c(O)cccc4OC)C3C2=O)cc1. The third kappa shape index (κ3) is 3.64. The zero-order valence-corrected chi connectivity index (χ0v) is 25.4. The number of aryl methyl sites for hydroxylation is 1. The van der Waals surface area contributed by atoms with E-state index in [9.17, 15) is 24.3 Å². The Kier molecular flexibility index (Phi) is 6.79. The maximum absolute atomic E-state index is 14.1. The molecule has 2 saturated heterocycles. The molecule has 2 heterocycles. The van der Waals surface area contributed by atoms with Crippen molar-refractivity contribution in [1.29, 1.82) is 0 Å². The minimum atomic E-state index is -2.03. The van der Waals surface area contributed by atoms with Crippen LogP contribution in [0.1, 0.15) is 36.8 Å². The molecule has 0 radical (unpaired) electrons. The highest BCUT2D eigenvalue weighted by molar-refractivity contribution is 9.09. The quantitative estimate of drug-likeness (QED) is 0.212. The molecule has 0 aromatic heterocycles. The number of anilines is 1. The number of phenolic OH excluding ortho intramolecular Hbond substituents is 1. The first-order chi connectivity index (χ1) is 19.5. The van der Waals surface area contributed by atoms with Gasteiger partial charge < -0.3 is 9.84 Å². The number of aromatic hydroxyl groups is 1. The van der Waals surface area contributed by atoms with E-state index in [4.69, 9.17) is 27.9 Å². The summed E-state index contributed by atoms with van der Waals surface area (Å²) in [6.45, 7) is 2.02. The van der Waals surface area contributed by atoms with E-state index in [1.165, 1.54) is 18.1 Å². The molecular formula is C30H27BrCl2N2O6. The monoisotopic (exact) mass is 660 g/mol. The summed E-state index contributed by atoms with van der Waals surface area (Å²) in [6, 6.07) is 11.9. The largest absolute Gasteiger partial charge is 0.508 e. The molecule has 2 aliphatic carbocycles. The Hall–Kier alpha value is -2.88. The number of carbonyl (C=O) groups is 4. The van der Waals surface area contributed by atoms with Crippen molar-refractivity contribution < 1.29 is 29.0 Å². The number of fused-ring (bicyclic) bond motifs is 4. The van der Waals surface area contributed by atoms with Crippen molar-refractivity contribution in [2.24, 2.45) is 17.8 Å². The second-order valence-electron chi connectivity index (χ2n) is 10.9. The Labute approximate surface area is 255 Å². The first kappa shape index (κ1) is 28.2. The molecule has 214 valence electrons. The number of nitrogens with zero attached hydrogens (tertiary/aromatic N) is 2. The third-order valence-corrected chi connectivity index (χ3v) is 11.1. The normalized spacial score (nSPS) is 32.6. The van der Waals surface area contributed by atoms with E-state index in [2.05, 4.69) is 15.9 Å². The summed E-state index contributed by atoms with van der Waals surface area (Å²) in [5.41, 5.74) is 2.20. The summed E-state index contributed by atoms with van der Waals surface area (Å²) in [5.74, 6) is -5.36.